The highest BCUT2D eigenvalue weighted by Crippen LogP contribution is 2.35. The molecule has 1 saturated heterocycles. The number of ether oxygens (including phenoxy) is 2. The van der Waals surface area contributed by atoms with Crippen molar-refractivity contribution in [2.75, 3.05) is 19.7 Å². The molecule has 178 valence electrons. The van der Waals surface area contributed by atoms with Gasteiger partial charge in [-0.15, -0.1) is 13.2 Å². The number of rotatable bonds is 7. The van der Waals surface area contributed by atoms with E-state index in [1.54, 1.807) is 23.1 Å². The van der Waals surface area contributed by atoms with Gasteiger partial charge in [-0.25, -0.2) is 0 Å². The lowest BCUT2D eigenvalue weighted by molar-refractivity contribution is -0.274. The molecule has 1 aliphatic rings. The van der Waals surface area contributed by atoms with Crippen molar-refractivity contribution in [3.05, 3.63) is 58.6 Å². The van der Waals surface area contributed by atoms with Crippen LogP contribution in [-0.4, -0.2) is 42.8 Å². The van der Waals surface area contributed by atoms with Crippen LogP contribution in [0.4, 0.5) is 13.2 Å². The summed E-state index contributed by atoms with van der Waals surface area (Å²) in [6, 6.07) is 9.97. The van der Waals surface area contributed by atoms with Crippen molar-refractivity contribution >= 4 is 23.4 Å². The number of aryl methyl sites for hydroxylation is 1. The number of amides is 2. The fourth-order valence-electron chi connectivity index (χ4n) is 3.99. The van der Waals surface area contributed by atoms with Crippen LogP contribution in [0.15, 0.2) is 42.5 Å². The normalized spacial score (nSPS) is 18.6. The van der Waals surface area contributed by atoms with Crippen LogP contribution in [0.1, 0.15) is 35.2 Å². The zero-order valence-electron chi connectivity index (χ0n) is 18.0. The van der Waals surface area contributed by atoms with Gasteiger partial charge < -0.3 is 20.1 Å². The average Bonchev–Trinajstić information content (AvgIpc) is 2.73. The maximum Gasteiger partial charge on any atom is 0.573 e. The first-order chi connectivity index (χ1) is 15.5. The van der Waals surface area contributed by atoms with Gasteiger partial charge in [0.15, 0.2) is 0 Å². The van der Waals surface area contributed by atoms with Gasteiger partial charge in [-0.3, -0.25) is 9.59 Å². The quantitative estimate of drug-likeness (QED) is 0.616. The number of carbonyl (C=O) groups is 2. The van der Waals surface area contributed by atoms with E-state index < -0.39 is 23.4 Å². The smallest absolute Gasteiger partial charge is 0.493 e. The molecule has 0 aromatic heterocycles. The monoisotopic (exact) mass is 484 g/mol. The Labute approximate surface area is 194 Å². The van der Waals surface area contributed by atoms with Gasteiger partial charge >= 0.3 is 6.36 Å². The van der Waals surface area contributed by atoms with Crippen LogP contribution in [0, 0.1) is 12.3 Å². The van der Waals surface area contributed by atoms with Gasteiger partial charge in [-0.2, -0.15) is 0 Å². The molecule has 6 nitrogen and oxygen atoms in total. The van der Waals surface area contributed by atoms with Crippen molar-refractivity contribution in [3.63, 3.8) is 0 Å². The highest BCUT2D eigenvalue weighted by atomic mass is 35.5. The first-order valence-electron chi connectivity index (χ1n) is 10.3. The lowest BCUT2D eigenvalue weighted by Crippen LogP contribution is -2.50. The molecule has 33 heavy (non-hydrogen) atoms. The summed E-state index contributed by atoms with van der Waals surface area (Å²) < 4.78 is 46.9. The summed E-state index contributed by atoms with van der Waals surface area (Å²) in [4.78, 5) is 26.4. The van der Waals surface area contributed by atoms with E-state index in [2.05, 4.69) is 4.74 Å². The zero-order chi connectivity index (χ0) is 24.2. The lowest BCUT2D eigenvalue weighted by atomic mass is 9.77. The van der Waals surface area contributed by atoms with Crippen molar-refractivity contribution in [1.29, 1.82) is 0 Å². The van der Waals surface area contributed by atoms with E-state index >= 15 is 0 Å². The topological polar surface area (TPSA) is 81.9 Å². The van der Waals surface area contributed by atoms with Crippen molar-refractivity contribution < 1.29 is 32.2 Å². The van der Waals surface area contributed by atoms with Crippen molar-refractivity contribution in [3.8, 4) is 11.5 Å². The Morgan fingerprint density at radius 3 is 2.42 bits per heavy atom. The molecule has 1 aliphatic heterocycles. The van der Waals surface area contributed by atoms with Gasteiger partial charge in [0.05, 0.1) is 6.61 Å². The van der Waals surface area contributed by atoms with Crippen molar-refractivity contribution in [2.45, 2.75) is 32.5 Å². The number of primary amides is 1. The number of halogens is 4. The second kappa shape index (κ2) is 9.91. The van der Waals surface area contributed by atoms with E-state index in [0.717, 1.165) is 17.7 Å². The van der Waals surface area contributed by atoms with E-state index in [4.69, 9.17) is 22.1 Å². The van der Waals surface area contributed by atoms with Gasteiger partial charge in [-0.05, 0) is 67.8 Å². The molecule has 0 aliphatic carbocycles. The SMILES string of the molecule is Cc1cc(OCC2(CC(N)=O)CCCN(C(=O)c3ccc(OC(F)(F)F)cc3)C2)ccc1Cl. The summed E-state index contributed by atoms with van der Waals surface area (Å²) in [5.74, 6) is -0.685. The molecule has 3 rings (SSSR count). The summed E-state index contributed by atoms with van der Waals surface area (Å²) in [5, 5.41) is 0.607. The number of piperidine rings is 1. The number of carbonyl (C=O) groups excluding carboxylic acids is 2. The van der Waals surface area contributed by atoms with Crippen LogP contribution in [0.2, 0.25) is 5.02 Å². The first kappa shape index (κ1) is 24.7. The number of benzene rings is 2. The van der Waals surface area contributed by atoms with E-state index in [9.17, 15) is 22.8 Å². The second-order valence-electron chi connectivity index (χ2n) is 8.25. The molecule has 0 radical (unpaired) electrons. The maximum absolute atomic E-state index is 13.0. The molecule has 1 unspecified atom stereocenters. The molecule has 0 bridgehead atoms. The number of hydrogen-bond donors (Lipinski definition) is 1. The van der Waals surface area contributed by atoms with Crippen LogP contribution in [0.25, 0.3) is 0 Å². The summed E-state index contributed by atoms with van der Waals surface area (Å²) in [5.41, 5.74) is 5.87. The molecule has 1 atom stereocenters. The third-order valence-corrected chi connectivity index (χ3v) is 5.93. The summed E-state index contributed by atoms with van der Waals surface area (Å²) in [6.45, 7) is 2.68. The summed E-state index contributed by atoms with van der Waals surface area (Å²) in [6.07, 6.45) is -3.53. The van der Waals surface area contributed by atoms with Gasteiger partial charge in [-0.1, -0.05) is 11.6 Å². The van der Waals surface area contributed by atoms with E-state index in [1.807, 2.05) is 6.92 Å². The Balaban J connectivity index is 1.73. The van der Waals surface area contributed by atoms with Crippen molar-refractivity contribution in [1.82, 2.24) is 4.90 Å². The molecule has 0 spiro atoms. The minimum atomic E-state index is -4.81. The van der Waals surface area contributed by atoms with Crippen molar-refractivity contribution in [2.24, 2.45) is 11.1 Å². The average molecular weight is 485 g/mol. The van der Waals surface area contributed by atoms with E-state index in [1.165, 1.54) is 12.1 Å². The Bertz CT molecular complexity index is 1010. The molecule has 0 saturated carbocycles. The Morgan fingerprint density at radius 1 is 1.15 bits per heavy atom. The van der Waals surface area contributed by atoms with Crippen LogP contribution >= 0.6 is 11.6 Å². The van der Waals surface area contributed by atoms with Crippen LogP contribution in [-0.2, 0) is 4.79 Å². The molecule has 1 fully saturated rings. The van der Waals surface area contributed by atoms with Gasteiger partial charge in [0.1, 0.15) is 11.5 Å². The Morgan fingerprint density at radius 2 is 1.82 bits per heavy atom. The highest BCUT2D eigenvalue weighted by molar-refractivity contribution is 6.31. The van der Waals surface area contributed by atoms with E-state index in [-0.39, 0.29) is 31.0 Å². The van der Waals surface area contributed by atoms with Gasteiger partial charge in [0.25, 0.3) is 5.91 Å². The number of hydrogen-bond acceptors (Lipinski definition) is 4. The summed E-state index contributed by atoms with van der Waals surface area (Å²) >= 11 is 6.05. The molecule has 2 aromatic carbocycles. The minimum Gasteiger partial charge on any atom is -0.493 e. The highest BCUT2D eigenvalue weighted by Gasteiger charge is 2.40. The van der Waals surface area contributed by atoms with Crippen LogP contribution in [0.5, 0.6) is 11.5 Å². The molecule has 1 heterocycles. The predicted molar refractivity (Wildman–Crippen MR) is 116 cm³/mol. The van der Waals surface area contributed by atoms with Crippen LogP contribution < -0.4 is 15.2 Å². The summed E-state index contributed by atoms with van der Waals surface area (Å²) in [7, 11) is 0. The fourth-order valence-corrected chi connectivity index (χ4v) is 4.11. The third-order valence-electron chi connectivity index (χ3n) is 5.51. The molecule has 10 heteroatoms. The molecular weight excluding hydrogens is 461 g/mol. The van der Waals surface area contributed by atoms with Gasteiger partial charge in [0, 0.05) is 35.5 Å². The zero-order valence-corrected chi connectivity index (χ0v) is 18.7. The standard InChI is InChI=1S/C23H24ClF3N2O4/c1-15-11-18(7-8-19(15)24)32-14-22(12-20(28)30)9-2-10-29(13-22)21(31)16-3-5-17(6-4-16)33-23(25,26)27/h3-8,11H,2,9-10,12-14H2,1H3,(H2,28,30). The number of nitrogens with two attached hydrogens (primary N) is 1. The predicted octanol–water partition coefficient (Wildman–Crippen LogP) is 4.72. The van der Waals surface area contributed by atoms with Crippen LogP contribution in [0.3, 0.4) is 0 Å². The van der Waals surface area contributed by atoms with E-state index in [0.29, 0.717) is 30.2 Å². The maximum atomic E-state index is 13.0. The van der Waals surface area contributed by atoms with Gasteiger partial charge in [0.2, 0.25) is 5.91 Å². The Hall–Kier alpha value is -2.94. The molecular formula is C23H24ClF3N2O4. The first-order valence-corrected chi connectivity index (χ1v) is 10.7. The minimum absolute atomic E-state index is 0.0295. The fraction of sp³-hybridized carbons (Fsp3) is 0.391. The molecule has 2 aromatic rings. The number of alkyl halides is 3. The molecule has 2 N–H and O–H groups in total. The second-order valence-corrected chi connectivity index (χ2v) is 8.65. The lowest BCUT2D eigenvalue weighted by Gasteiger charge is -2.42. The largest absolute Gasteiger partial charge is 0.573 e. The third kappa shape index (κ3) is 6.77. The Kier molecular flexibility index (Phi) is 7.41. The molecule has 2 amide bonds. The number of likely N-dealkylation sites (tertiary alicyclic amines) is 1. The number of nitrogens with zero attached hydrogens (tertiary/aromatic N) is 1.